The molecule has 0 fully saturated rings. The largest absolute Gasteiger partial charge is 0.341 e. The van der Waals surface area contributed by atoms with Crippen LogP contribution in [0, 0.1) is 13.8 Å². The summed E-state index contributed by atoms with van der Waals surface area (Å²) >= 11 is 0. The molecule has 2 rings (SSSR count). The molecule has 1 N–H and O–H groups in total. The van der Waals surface area contributed by atoms with Crippen molar-refractivity contribution in [2.75, 3.05) is 13.6 Å². The van der Waals surface area contributed by atoms with Gasteiger partial charge in [0.15, 0.2) is 0 Å². The van der Waals surface area contributed by atoms with Crippen molar-refractivity contribution in [2.24, 2.45) is 0 Å². The van der Waals surface area contributed by atoms with E-state index in [0.717, 1.165) is 23.1 Å². The second-order valence-electron chi connectivity index (χ2n) is 6.81. The molecule has 0 saturated heterocycles. The van der Waals surface area contributed by atoms with Crippen LogP contribution in [0.2, 0.25) is 0 Å². The summed E-state index contributed by atoms with van der Waals surface area (Å²) < 4.78 is 27.2. The van der Waals surface area contributed by atoms with Gasteiger partial charge in [-0.3, -0.25) is 4.79 Å². The van der Waals surface area contributed by atoms with Crippen LogP contribution in [0.1, 0.15) is 35.6 Å². The van der Waals surface area contributed by atoms with Crippen LogP contribution in [0.3, 0.4) is 0 Å². The SMILES string of the molecule is CCc1ccc(CN(C)C(=O)CCNS(=O)(=O)c2ccc(C)c(C)c2)cc1. The van der Waals surface area contributed by atoms with Crippen LogP contribution in [-0.4, -0.2) is 32.8 Å². The molecular weight excluding hydrogens is 360 g/mol. The first-order valence-electron chi connectivity index (χ1n) is 9.11. The van der Waals surface area contributed by atoms with Gasteiger partial charge in [0, 0.05) is 26.6 Å². The first-order chi connectivity index (χ1) is 12.7. The van der Waals surface area contributed by atoms with Gasteiger partial charge in [-0.25, -0.2) is 13.1 Å². The molecule has 0 saturated carbocycles. The molecule has 2 aromatic carbocycles. The van der Waals surface area contributed by atoms with Crippen molar-refractivity contribution >= 4 is 15.9 Å². The van der Waals surface area contributed by atoms with E-state index in [-0.39, 0.29) is 23.8 Å². The Morgan fingerprint density at radius 2 is 1.63 bits per heavy atom. The Kier molecular flexibility index (Phi) is 7.16. The van der Waals surface area contributed by atoms with Gasteiger partial charge in [0.2, 0.25) is 15.9 Å². The highest BCUT2D eigenvalue weighted by molar-refractivity contribution is 7.89. The lowest BCUT2D eigenvalue weighted by atomic mass is 10.1. The summed E-state index contributed by atoms with van der Waals surface area (Å²) in [6, 6.07) is 13.2. The summed E-state index contributed by atoms with van der Waals surface area (Å²) in [6.07, 6.45) is 1.10. The molecule has 0 radical (unpaired) electrons. The Morgan fingerprint density at radius 3 is 2.22 bits per heavy atom. The van der Waals surface area contributed by atoms with Crippen LogP contribution in [0.25, 0.3) is 0 Å². The molecule has 1 amide bonds. The molecule has 0 bridgehead atoms. The van der Waals surface area contributed by atoms with Crippen molar-refractivity contribution in [1.29, 1.82) is 0 Å². The second kappa shape index (κ2) is 9.15. The van der Waals surface area contributed by atoms with E-state index in [4.69, 9.17) is 0 Å². The Hall–Kier alpha value is -2.18. The van der Waals surface area contributed by atoms with Crippen LogP contribution >= 0.6 is 0 Å². The van der Waals surface area contributed by atoms with Crippen molar-refractivity contribution in [1.82, 2.24) is 9.62 Å². The van der Waals surface area contributed by atoms with Gasteiger partial charge < -0.3 is 4.90 Å². The predicted molar refractivity (Wildman–Crippen MR) is 108 cm³/mol. The van der Waals surface area contributed by atoms with Gasteiger partial charge in [-0.05, 0) is 54.7 Å². The van der Waals surface area contributed by atoms with Crippen molar-refractivity contribution < 1.29 is 13.2 Å². The zero-order chi connectivity index (χ0) is 20.0. The minimum absolute atomic E-state index is 0.0766. The van der Waals surface area contributed by atoms with E-state index in [1.807, 2.05) is 26.0 Å². The van der Waals surface area contributed by atoms with Crippen LogP contribution in [-0.2, 0) is 27.8 Å². The number of aryl methyl sites for hydroxylation is 3. The molecule has 6 heteroatoms. The zero-order valence-electron chi connectivity index (χ0n) is 16.5. The van der Waals surface area contributed by atoms with E-state index in [9.17, 15) is 13.2 Å². The Bertz CT molecular complexity index is 890. The highest BCUT2D eigenvalue weighted by Crippen LogP contribution is 2.14. The molecule has 0 aliphatic heterocycles. The standard InChI is InChI=1S/C21H28N2O3S/c1-5-18-7-9-19(10-8-18)15-23(4)21(24)12-13-22-27(25,26)20-11-6-16(2)17(3)14-20/h6-11,14,22H,5,12-13,15H2,1-4H3. The zero-order valence-corrected chi connectivity index (χ0v) is 17.3. The van der Waals surface area contributed by atoms with Crippen molar-refractivity contribution in [2.45, 2.75) is 45.1 Å². The molecule has 0 atom stereocenters. The summed E-state index contributed by atoms with van der Waals surface area (Å²) in [5.74, 6) is -0.0997. The average molecular weight is 389 g/mol. The summed E-state index contributed by atoms with van der Waals surface area (Å²) in [6.45, 7) is 6.49. The lowest BCUT2D eigenvalue weighted by molar-refractivity contribution is -0.130. The third-order valence-electron chi connectivity index (χ3n) is 4.70. The number of hydrogen-bond donors (Lipinski definition) is 1. The Morgan fingerprint density at radius 1 is 1.00 bits per heavy atom. The van der Waals surface area contributed by atoms with Crippen LogP contribution in [0.4, 0.5) is 0 Å². The summed E-state index contributed by atoms with van der Waals surface area (Å²) in [5, 5.41) is 0. The number of carbonyl (C=O) groups excluding carboxylic acids is 1. The van der Waals surface area contributed by atoms with Gasteiger partial charge in [-0.15, -0.1) is 0 Å². The number of amides is 1. The molecule has 0 aromatic heterocycles. The third kappa shape index (κ3) is 5.91. The monoisotopic (exact) mass is 388 g/mol. The van der Waals surface area contributed by atoms with E-state index in [1.54, 1.807) is 30.1 Å². The molecular formula is C21H28N2O3S. The average Bonchev–Trinajstić information content (AvgIpc) is 2.64. The molecule has 0 aliphatic rings. The number of benzene rings is 2. The topological polar surface area (TPSA) is 66.5 Å². The number of sulfonamides is 1. The highest BCUT2D eigenvalue weighted by Gasteiger charge is 2.16. The maximum absolute atomic E-state index is 12.4. The first kappa shape index (κ1) is 21.1. The van der Waals surface area contributed by atoms with Crippen LogP contribution < -0.4 is 4.72 Å². The minimum atomic E-state index is -3.61. The van der Waals surface area contributed by atoms with Crippen LogP contribution in [0.15, 0.2) is 47.4 Å². The van der Waals surface area contributed by atoms with Gasteiger partial charge in [0.05, 0.1) is 4.90 Å². The number of carbonyl (C=O) groups is 1. The van der Waals surface area contributed by atoms with Crippen molar-refractivity contribution in [3.05, 3.63) is 64.7 Å². The molecule has 0 unspecified atom stereocenters. The normalized spacial score (nSPS) is 11.4. The summed E-state index contributed by atoms with van der Waals surface area (Å²) in [5.41, 5.74) is 4.27. The minimum Gasteiger partial charge on any atom is -0.341 e. The number of rotatable bonds is 8. The molecule has 5 nitrogen and oxygen atoms in total. The van der Waals surface area contributed by atoms with E-state index >= 15 is 0 Å². The fourth-order valence-electron chi connectivity index (χ4n) is 2.69. The van der Waals surface area contributed by atoms with E-state index < -0.39 is 10.0 Å². The molecule has 0 heterocycles. The molecule has 0 aliphatic carbocycles. The summed E-state index contributed by atoms with van der Waals surface area (Å²) in [7, 11) is -1.88. The van der Waals surface area contributed by atoms with Gasteiger partial charge in [-0.2, -0.15) is 0 Å². The Balaban J connectivity index is 1.87. The fraction of sp³-hybridized carbons (Fsp3) is 0.381. The first-order valence-corrected chi connectivity index (χ1v) is 10.6. The van der Waals surface area contributed by atoms with Crippen molar-refractivity contribution in [3.8, 4) is 0 Å². The lowest BCUT2D eigenvalue weighted by Crippen LogP contribution is -2.32. The van der Waals surface area contributed by atoms with Gasteiger partial charge >= 0.3 is 0 Å². The molecule has 27 heavy (non-hydrogen) atoms. The third-order valence-corrected chi connectivity index (χ3v) is 6.16. The van der Waals surface area contributed by atoms with Gasteiger partial charge in [0.25, 0.3) is 0 Å². The number of nitrogens with one attached hydrogen (secondary N) is 1. The fourth-order valence-corrected chi connectivity index (χ4v) is 3.81. The quantitative estimate of drug-likeness (QED) is 0.755. The summed E-state index contributed by atoms with van der Waals surface area (Å²) in [4.78, 5) is 14.1. The van der Waals surface area contributed by atoms with Crippen molar-refractivity contribution in [3.63, 3.8) is 0 Å². The second-order valence-corrected chi connectivity index (χ2v) is 8.58. The van der Waals surface area contributed by atoms with E-state index in [2.05, 4.69) is 23.8 Å². The molecule has 0 spiro atoms. The molecule has 2 aromatic rings. The van der Waals surface area contributed by atoms with Gasteiger partial charge in [-0.1, -0.05) is 37.3 Å². The van der Waals surface area contributed by atoms with E-state index in [0.29, 0.717) is 6.54 Å². The lowest BCUT2D eigenvalue weighted by Gasteiger charge is -2.18. The smallest absolute Gasteiger partial charge is 0.240 e. The maximum Gasteiger partial charge on any atom is 0.240 e. The van der Waals surface area contributed by atoms with Gasteiger partial charge in [0.1, 0.15) is 0 Å². The Labute approximate surface area is 162 Å². The van der Waals surface area contributed by atoms with Crippen LogP contribution in [0.5, 0.6) is 0 Å². The number of nitrogens with zero attached hydrogens (tertiary/aromatic N) is 1. The predicted octanol–water partition coefficient (Wildman–Crippen LogP) is 3.19. The maximum atomic E-state index is 12.4. The van der Waals surface area contributed by atoms with E-state index in [1.165, 1.54) is 5.56 Å². The number of hydrogen-bond acceptors (Lipinski definition) is 3. The molecule has 146 valence electrons. The highest BCUT2D eigenvalue weighted by atomic mass is 32.2.